The highest BCUT2D eigenvalue weighted by atomic mass is 32.2. The lowest BCUT2D eigenvalue weighted by Crippen LogP contribution is -2.25. The zero-order chi connectivity index (χ0) is 16.3. The first-order chi connectivity index (χ1) is 10.4. The first-order valence-corrected chi connectivity index (χ1v) is 8.39. The molecule has 0 fully saturated rings. The van der Waals surface area contributed by atoms with Gasteiger partial charge in [-0.1, -0.05) is 6.07 Å². The van der Waals surface area contributed by atoms with Gasteiger partial charge < -0.3 is 4.74 Å². The van der Waals surface area contributed by atoms with Gasteiger partial charge in [0.2, 0.25) is 10.0 Å². The maximum Gasteiger partial charge on any atom is 0.241 e. The van der Waals surface area contributed by atoms with Crippen LogP contribution in [0.5, 0.6) is 5.75 Å². The van der Waals surface area contributed by atoms with Gasteiger partial charge in [0.1, 0.15) is 5.75 Å². The highest BCUT2D eigenvalue weighted by Crippen LogP contribution is 2.30. The van der Waals surface area contributed by atoms with Gasteiger partial charge in [0.25, 0.3) is 0 Å². The Bertz CT molecular complexity index is 772. The number of ether oxygens (including phenoxy) is 1. The second kappa shape index (κ2) is 6.46. The molecule has 118 valence electrons. The Morgan fingerprint density at radius 1 is 1.18 bits per heavy atom. The maximum absolute atomic E-state index is 12.6. The fraction of sp³-hybridized carbons (Fsp3) is 0.312. The molecule has 2 aromatic rings. The average molecular weight is 320 g/mol. The number of rotatable bonds is 5. The average Bonchev–Trinajstić information content (AvgIpc) is 2.50. The lowest BCUT2D eigenvalue weighted by Gasteiger charge is -2.16. The summed E-state index contributed by atoms with van der Waals surface area (Å²) in [5, 5.41) is 0. The van der Waals surface area contributed by atoms with Gasteiger partial charge in [-0.2, -0.15) is 0 Å². The van der Waals surface area contributed by atoms with Crippen LogP contribution in [-0.4, -0.2) is 20.5 Å². The zero-order valence-corrected chi connectivity index (χ0v) is 14.0. The van der Waals surface area contributed by atoms with Crippen molar-refractivity contribution in [3.63, 3.8) is 0 Å². The van der Waals surface area contributed by atoms with Gasteiger partial charge in [0.15, 0.2) is 0 Å². The van der Waals surface area contributed by atoms with Crippen LogP contribution in [-0.2, 0) is 16.6 Å². The highest BCUT2D eigenvalue weighted by molar-refractivity contribution is 7.89. The molecule has 22 heavy (non-hydrogen) atoms. The quantitative estimate of drug-likeness (QED) is 0.919. The van der Waals surface area contributed by atoms with Crippen molar-refractivity contribution >= 4 is 10.0 Å². The standard InChI is InChI=1S/C16H20N2O3S/c1-11-9-15(21-4)12(2)13(3)16(11)22(19,20)18-10-14-7-5-6-8-17-14/h5-9,18H,10H2,1-4H3. The van der Waals surface area contributed by atoms with Crippen LogP contribution in [0, 0.1) is 20.8 Å². The van der Waals surface area contributed by atoms with Gasteiger partial charge >= 0.3 is 0 Å². The van der Waals surface area contributed by atoms with Crippen LogP contribution < -0.4 is 9.46 Å². The molecule has 0 aliphatic carbocycles. The fourth-order valence-corrected chi connectivity index (χ4v) is 3.91. The SMILES string of the molecule is COc1cc(C)c(S(=O)(=O)NCc2ccccn2)c(C)c1C. The molecule has 0 bridgehead atoms. The Morgan fingerprint density at radius 2 is 1.91 bits per heavy atom. The first kappa shape index (κ1) is 16.5. The number of aromatic nitrogens is 1. The molecule has 5 nitrogen and oxygen atoms in total. The van der Waals surface area contributed by atoms with Crippen molar-refractivity contribution in [2.45, 2.75) is 32.2 Å². The van der Waals surface area contributed by atoms with Gasteiger partial charge in [-0.05, 0) is 55.7 Å². The number of aryl methyl sites for hydroxylation is 1. The summed E-state index contributed by atoms with van der Waals surface area (Å²) in [6, 6.07) is 7.14. The summed E-state index contributed by atoms with van der Waals surface area (Å²) < 4.78 is 33.1. The van der Waals surface area contributed by atoms with Crippen molar-refractivity contribution in [1.82, 2.24) is 9.71 Å². The molecule has 0 radical (unpaired) electrons. The van der Waals surface area contributed by atoms with Crippen LogP contribution >= 0.6 is 0 Å². The van der Waals surface area contributed by atoms with E-state index in [4.69, 9.17) is 4.74 Å². The predicted molar refractivity (Wildman–Crippen MR) is 85.5 cm³/mol. The van der Waals surface area contributed by atoms with Crippen molar-refractivity contribution in [3.05, 3.63) is 52.8 Å². The minimum atomic E-state index is -3.61. The lowest BCUT2D eigenvalue weighted by molar-refractivity contribution is 0.410. The predicted octanol–water partition coefficient (Wildman–Crippen LogP) is 2.49. The van der Waals surface area contributed by atoms with Gasteiger partial charge in [0.05, 0.1) is 24.2 Å². The molecule has 0 unspecified atom stereocenters. The Morgan fingerprint density at radius 3 is 2.50 bits per heavy atom. The molecule has 1 aromatic carbocycles. The van der Waals surface area contributed by atoms with Crippen LogP contribution in [0.25, 0.3) is 0 Å². The van der Waals surface area contributed by atoms with E-state index in [2.05, 4.69) is 9.71 Å². The zero-order valence-electron chi connectivity index (χ0n) is 13.2. The summed E-state index contributed by atoms with van der Waals surface area (Å²) in [5.41, 5.74) is 2.86. The van der Waals surface area contributed by atoms with E-state index >= 15 is 0 Å². The number of nitrogens with one attached hydrogen (secondary N) is 1. The number of benzene rings is 1. The van der Waals surface area contributed by atoms with E-state index in [9.17, 15) is 8.42 Å². The van der Waals surface area contributed by atoms with Crippen molar-refractivity contribution in [3.8, 4) is 5.75 Å². The normalized spacial score (nSPS) is 11.5. The summed E-state index contributed by atoms with van der Waals surface area (Å²) in [4.78, 5) is 4.43. The Labute approximate surface area is 131 Å². The van der Waals surface area contributed by atoms with Gasteiger partial charge in [-0.3, -0.25) is 4.98 Å². The Kier molecular flexibility index (Phi) is 4.83. The molecule has 0 saturated carbocycles. The van der Waals surface area contributed by atoms with E-state index in [-0.39, 0.29) is 6.54 Å². The summed E-state index contributed by atoms with van der Waals surface area (Å²) in [7, 11) is -2.03. The molecule has 2 rings (SSSR count). The van der Waals surface area contributed by atoms with Gasteiger partial charge in [-0.25, -0.2) is 13.1 Å². The lowest BCUT2D eigenvalue weighted by atomic mass is 10.1. The van der Waals surface area contributed by atoms with Crippen LogP contribution in [0.15, 0.2) is 35.4 Å². The molecule has 1 heterocycles. The third-order valence-corrected chi connectivity index (χ3v) is 5.33. The number of methoxy groups -OCH3 is 1. The van der Waals surface area contributed by atoms with Gasteiger partial charge in [0, 0.05) is 6.20 Å². The summed E-state index contributed by atoms with van der Waals surface area (Å²) in [5.74, 6) is 0.693. The molecular formula is C16H20N2O3S. The van der Waals surface area contributed by atoms with Crippen molar-refractivity contribution in [2.24, 2.45) is 0 Å². The third kappa shape index (κ3) is 3.28. The molecule has 0 saturated heterocycles. The van der Waals surface area contributed by atoms with Crippen molar-refractivity contribution in [2.75, 3.05) is 7.11 Å². The number of nitrogens with zero attached hydrogens (tertiary/aromatic N) is 1. The molecular weight excluding hydrogens is 300 g/mol. The number of sulfonamides is 1. The molecule has 0 amide bonds. The highest BCUT2D eigenvalue weighted by Gasteiger charge is 2.22. The molecule has 0 aliphatic rings. The van der Waals surface area contributed by atoms with Gasteiger partial charge in [-0.15, -0.1) is 0 Å². The van der Waals surface area contributed by atoms with Crippen molar-refractivity contribution in [1.29, 1.82) is 0 Å². The van der Waals surface area contributed by atoms with Crippen LogP contribution in [0.2, 0.25) is 0 Å². The van der Waals surface area contributed by atoms with Crippen LogP contribution in [0.3, 0.4) is 0 Å². The molecule has 0 spiro atoms. The molecule has 1 aromatic heterocycles. The summed E-state index contributed by atoms with van der Waals surface area (Å²) in [6.45, 7) is 5.57. The Balaban J connectivity index is 2.36. The molecule has 1 N–H and O–H groups in total. The molecule has 6 heteroatoms. The van der Waals surface area contributed by atoms with E-state index in [1.165, 1.54) is 0 Å². The van der Waals surface area contributed by atoms with E-state index in [0.717, 1.165) is 5.56 Å². The smallest absolute Gasteiger partial charge is 0.241 e. The number of pyridine rings is 1. The summed E-state index contributed by atoms with van der Waals surface area (Å²) >= 11 is 0. The Hall–Kier alpha value is -1.92. The van der Waals surface area contributed by atoms with E-state index < -0.39 is 10.0 Å². The van der Waals surface area contributed by atoms with E-state index in [0.29, 0.717) is 27.5 Å². The third-order valence-electron chi connectivity index (χ3n) is 3.64. The van der Waals surface area contributed by atoms with Crippen LogP contribution in [0.1, 0.15) is 22.4 Å². The van der Waals surface area contributed by atoms with Crippen LogP contribution in [0.4, 0.5) is 0 Å². The molecule has 0 aliphatic heterocycles. The second-order valence-corrected chi connectivity index (χ2v) is 6.82. The van der Waals surface area contributed by atoms with Crippen molar-refractivity contribution < 1.29 is 13.2 Å². The topological polar surface area (TPSA) is 68.3 Å². The van der Waals surface area contributed by atoms with E-state index in [1.54, 1.807) is 45.4 Å². The monoisotopic (exact) mass is 320 g/mol. The minimum Gasteiger partial charge on any atom is -0.496 e. The largest absolute Gasteiger partial charge is 0.496 e. The van der Waals surface area contributed by atoms with E-state index in [1.807, 2.05) is 13.0 Å². The fourth-order valence-electron chi connectivity index (χ4n) is 2.39. The number of hydrogen-bond acceptors (Lipinski definition) is 4. The molecule has 0 atom stereocenters. The maximum atomic E-state index is 12.6. The number of hydrogen-bond donors (Lipinski definition) is 1. The minimum absolute atomic E-state index is 0.160. The first-order valence-electron chi connectivity index (χ1n) is 6.91. The second-order valence-electron chi connectivity index (χ2n) is 5.12. The summed E-state index contributed by atoms with van der Waals surface area (Å²) in [6.07, 6.45) is 1.64.